The van der Waals surface area contributed by atoms with Gasteiger partial charge in [0.25, 0.3) is 5.91 Å². The smallest absolute Gasteiger partial charge is 0.305 e. The molecule has 0 spiro atoms. The van der Waals surface area contributed by atoms with Crippen molar-refractivity contribution in [1.82, 2.24) is 10.9 Å². The van der Waals surface area contributed by atoms with E-state index in [2.05, 4.69) is 10.9 Å². The fourth-order valence-electron chi connectivity index (χ4n) is 2.60. The molecule has 0 radical (unpaired) electrons. The van der Waals surface area contributed by atoms with Gasteiger partial charge in [0.15, 0.2) is 5.76 Å². The van der Waals surface area contributed by atoms with Crippen LogP contribution in [0.1, 0.15) is 32.0 Å². The summed E-state index contributed by atoms with van der Waals surface area (Å²) in [6, 6.07) is 13.1. The number of thioether (sulfide) groups is 1. The molecule has 0 saturated carbocycles. The monoisotopic (exact) mass is 354 g/mol. The summed E-state index contributed by atoms with van der Waals surface area (Å²) in [4.78, 5) is 25.7. The van der Waals surface area contributed by atoms with Crippen molar-refractivity contribution in [2.24, 2.45) is 0 Å². The van der Waals surface area contributed by atoms with E-state index in [1.54, 1.807) is 23.9 Å². The Morgan fingerprint density at radius 1 is 1.00 bits per heavy atom. The number of benzene rings is 2. The van der Waals surface area contributed by atoms with Crippen molar-refractivity contribution in [1.29, 1.82) is 0 Å². The van der Waals surface area contributed by atoms with Crippen molar-refractivity contribution >= 4 is 34.5 Å². The summed E-state index contributed by atoms with van der Waals surface area (Å²) in [5, 5.41) is 0.877. The first-order valence-electron chi connectivity index (χ1n) is 7.74. The molecule has 0 unspecified atom stereocenters. The van der Waals surface area contributed by atoms with Crippen LogP contribution in [0.25, 0.3) is 11.0 Å². The molecule has 0 aliphatic carbocycles. The van der Waals surface area contributed by atoms with E-state index in [-0.39, 0.29) is 11.7 Å². The maximum atomic E-state index is 12.4. The molecule has 0 aliphatic heterocycles. The minimum absolute atomic E-state index is 0.191. The van der Waals surface area contributed by atoms with Gasteiger partial charge in [0.05, 0.1) is 0 Å². The molecule has 0 fully saturated rings. The lowest BCUT2D eigenvalue weighted by molar-refractivity contribution is 0.0831. The molecule has 0 atom stereocenters. The molecule has 1 aromatic heterocycles. The number of hydrogen-bond donors (Lipinski definition) is 2. The third-order valence-corrected chi connectivity index (χ3v) is 4.75. The second-order valence-corrected chi connectivity index (χ2v) is 6.52. The molecular formula is C19H18N2O3S. The van der Waals surface area contributed by atoms with E-state index in [0.29, 0.717) is 11.1 Å². The molecule has 2 amide bonds. The quantitative estimate of drug-likeness (QED) is 0.554. The minimum atomic E-state index is -0.485. The van der Waals surface area contributed by atoms with E-state index in [1.807, 2.05) is 50.4 Å². The van der Waals surface area contributed by atoms with Gasteiger partial charge in [-0.05, 0) is 43.9 Å². The van der Waals surface area contributed by atoms with E-state index < -0.39 is 5.91 Å². The molecule has 5 nitrogen and oxygen atoms in total. The van der Waals surface area contributed by atoms with Gasteiger partial charge in [0.1, 0.15) is 5.58 Å². The highest BCUT2D eigenvalue weighted by Crippen LogP contribution is 2.24. The Morgan fingerprint density at radius 3 is 2.44 bits per heavy atom. The molecule has 25 heavy (non-hydrogen) atoms. The summed E-state index contributed by atoms with van der Waals surface area (Å²) >= 11 is 1.55. The average molecular weight is 354 g/mol. The Bertz CT molecular complexity index is 962. The molecule has 2 aromatic carbocycles. The molecule has 0 bridgehead atoms. The molecule has 1 heterocycles. The van der Waals surface area contributed by atoms with Crippen molar-refractivity contribution in [3.05, 3.63) is 64.9 Å². The molecule has 3 aromatic rings. The zero-order chi connectivity index (χ0) is 18.0. The van der Waals surface area contributed by atoms with Gasteiger partial charge in [-0.2, -0.15) is 0 Å². The van der Waals surface area contributed by atoms with Crippen LogP contribution in [0, 0.1) is 13.8 Å². The van der Waals surface area contributed by atoms with Gasteiger partial charge < -0.3 is 4.42 Å². The van der Waals surface area contributed by atoms with E-state index in [9.17, 15) is 9.59 Å². The number of para-hydroxylation sites is 1. The SMILES string of the molecule is CSc1ccc(C)c(C(=O)NNC(=O)c2oc3ccccc3c2C)c1. The number of carbonyl (C=O) groups is 2. The van der Waals surface area contributed by atoms with E-state index in [4.69, 9.17) is 4.42 Å². The second kappa shape index (κ2) is 7.03. The second-order valence-electron chi connectivity index (χ2n) is 5.64. The molecule has 128 valence electrons. The largest absolute Gasteiger partial charge is 0.451 e. The number of aryl methyl sites for hydroxylation is 2. The van der Waals surface area contributed by atoms with E-state index in [0.717, 1.165) is 21.4 Å². The van der Waals surface area contributed by atoms with Crippen molar-refractivity contribution in [2.45, 2.75) is 18.7 Å². The van der Waals surface area contributed by atoms with Crippen LogP contribution in [0.2, 0.25) is 0 Å². The molecule has 0 saturated heterocycles. The Labute approximate surface area is 149 Å². The summed E-state index contributed by atoms with van der Waals surface area (Å²) < 4.78 is 5.59. The highest BCUT2D eigenvalue weighted by molar-refractivity contribution is 7.98. The lowest BCUT2D eigenvalue weighted by Crippen LogP contribution is -2.42. The standard InChI is InChI=1S/C19H18N2O3S/c1-11-8-9-13(25-3)10-15(11)18(22)20-21-19(23)17-12(2)14-6-4-5-7-16(14)24-17/h4-10H,1-3H3,(H,20,22)(H,21,23). The Hall–Kier alpha value is -2.73. The topological polar surface area (TPSA) is 71.3 Å². The highest BCUT2D eigenvalue weighted by atomic mass is 32.2. The van der Waals surface area contributed by atoms with Gasteiger partial charge in [-0.1, -0.05) is 24.3 Å². The van der Waals surface area contributed by atoms with Crippen LogP contribution in [0.5, 0.6) is 0 Å². The summed E-state index contributed by atoms with van der Waals surface area (Å²) in [5.41, 5.74) is 7.61. The number of carbonyl (C=O) groups excluding carboxylic acids is 2. The third-order valence-electron chi connectivity index (χ3n) is 4.03. The van der Waals surface area contributed by atoms with Crippen LogP contribution < -0.4 is 10.9 Å². The van der Waals surface area contributed by atoms with Gasteiger partial charge in [-0.25, -0.2) is 0 Å². The Kier molecular flexibility index (Phi) is 4.81. The van der Waals surface area contributed by atoms with Crippen LogP contribution in [0.3, 0.4) is 0 Å². The zero-order valence-corrected chi connectivity index (χ0v) is 15.0. The Morgan fingerprint density at radius 2 is 1.72 bits per heavy atom. The summed E-state index contributed by atoms with van der Waals surface area (Å²) in [6.07, 6.45) is 1.94. The third kappa shape index (κ3) is 3.39. The molecule has 6 heteroatoms. The normalized spacial score (nSPS) is 10.7. The van der Waals surface area contributed by atoms with Gasteiger partial charge >= 0.3 is 5.91 Å². The zero-order valence-electron chi connectivity index (χ0n) is 14.2. The van der Waals surface area contributed by atoms with Crippen LogP contribution in [-0.4, -0.2) is 18.1 Å². The van der Waals surface area contributed by atoms with E-state index >= 15 is 0 Å². The molecule has 0 aliphatic rings. The van der Waals surface area contributed by atoms with Gasteiger partial charge in [0.2, 0.25) is 0 Å². The summed E-state index contributed by atoms with van der Waals surface area (Å²) in [6.45, 7) is 3.67. The minimum Gasteiger partial charge on any atom is -0.451 e. The predicted molar refractivity (Wildman–Crippen MR) is 98.8 cm³/mol. The van der Waals surface area contributed by atoms with Gasteiger partial charge in [-0.15, -0.1) is 11.8 Å². The van der Waals surface area contributed by atoms with Crippen LogP contribution in [-0.2, 0) is 0 Å². The van der Waals surface area contributed by atoms with Crippen molar-refractivity contribution < 1.29 is 14.0 Å². The molecule has 3 rings (SSSR count). The lowest BCUT2D eigenvalue weighted by Gasteiger charge is -2.09. The maximum Gasteiger partial charge on any atom is 0.305 e. The van der Waals surface area contributed by atoms with Crippen LogP contribution >= 0.6 is 11.8 Å². The fourth-order valence-corrected chi connectivity index (χ4v) is 3.04. The first kappa shape index (κ1) is 17.1. The van der Waals surface area contributed by atoms with Crippen molar-refractivity contribution in [3.8, 4) is 0 Å². The lowest BCUT2D eigenvalue weighted by atomic mass is 10.1. The summed E-state index contributed by atoms with van der Waals surface area (Å²) in [5.74, 6) is -0.660. The number of nitrogens with one attached hydrogen (secondary N) is 2. The number of rotatable bonds is 3. The van der Waals surface area contributed by atoms with Crippen molar-refractivity contribution in [3.63, 3.8) is 0 Å². The number of fused-ring (bicyclic) bond motifs is 1. The predicted octanol–water partition coefficient (Wildman–Crippen LogP) is 3.85. The number of hydrazine groups is 1. The number of furan rings is 1. The van der Waals surface area contributed by atoms with Crippen LogP contribution in [0.4, 0.5) is 0 Å². The van der Waals surface area contributed by atoms with E-state index in [1.165, 1.54) is 0 Å². The Balaban J connectivity index is 1.75. The first-order chi connectivity index (χ1) is 12.0. The first-order valence-corrected chi connectivity index (χ1v) is 8.97. The number of hydrogen-bond acceptors (Lipinski definition) is 4. The fraction of sp³-hybridized carbons (Fsp3) is 0.158. The average Bonchev–Trinajstić information content (AvgIpc) is 2.97. The molecule has 2 N–H and O–H groups in total. The van der Waals surface area contributed by atoms with Crippen molar-refractivity contribution in [2.75, 3.05) is 6.26 Å². The van der Waals surface area contributed by atoms with Gasteiger partial charge in [0, 0.05) is 21.4 Å². The van der Waals surface area contributed by atoms with Gasteiger partial charge in [-0.3, -0.25) is 20.4 Å². The number of amides is 2. The highest BCUT2D eigenvalue weighted by Gasteiger charge is 2.18. The summed E-state index contributed by atoms with van der Waals surface area (Å²) in [7, 11) is 0. The molecular weight excluding hydrogens is 336 g/mol. The van der Waals surface area contributed by atoms with Crippen LogP contribution in [0.15, 0.2) is 51.8 Å². The maximum absolute atomic E-state index is 12.4.